The van der Waals surface area contributed by atoms with Crippen molar-refractivity contribution >= 4 is 28.8 Å². The third-order valence-corrected chi connectivity index (χ3v) is 7.09. The first kappa shape index (κ1) is 23.4. The maximum absolute atomic E-state index is 14.0. The van der Waals surface area contributed by atoms with Gasteiger partial charge in [-0.2, -0.15) is 0 Å². The second-order valence-corrected chi connectivity index (χ2v) is 9.37. The average Bonchev–Trinajstić information content (AvgIpc) is 3.43. The van der Waals surface area contributed by atoms with Gasteiger partial charge in [-0.25, -0.2) is 0 Å². The molecule has 8 heteroatoms. The topological polar surface area (TPSA) is 106 Å². The molecule has 0 radical (unpaired) electrons. The number of carbonyl (C=O) groups excluding carboxylic acids is 2. The molecule has 2 atom stereocenters. The van der Waals surface area contributed by atoms with E-state index < -0.39 is 11.0 Å². The van der Waals surface area contributed by atoms with E-state index >= 15 is 0 Å². The molecule has 2 unspecified atom stereocenters. The van der Waals surface area contributed by atoms with Crippen molar-refractivity contribution in [2.75, 3.05) is 10.2 Å². The van der Waals surface area contributed by atoms with Gasteiger partial charge in [-0.15, -0.1) is 0 Å². The molecule has 2 aliphatic rings. The van der Waals surface area contributed by atoms with E-state index in [1.54, 1.807) is 47.4 Å². The summed E-state index contributed by atoms with van der Waals surface area (Å²) in [5.41, 5.74) is 3.65. The number of non-ortho nitro benzene ring substituents is 1. The van der Waals surface area contributed by atoms with Gasteiger partial charge in [0.05, 0.1) is 22.6 Å². The molecule has 6 rings (SSSR count). The van der Waals surface area contributed by atoms with Crippen molar-refractivity contribution < 1.29 is 18.9 Å². The van der Waals surface area contributed by atoms with Gasteiger partial charge < -0.3 is 9.73 Å². The minimum Gasteiger partial charge on any atom is -0.467 e. The average molecular weight is 506 g/mol. The fourth-order valence-electron chi connectivity index (χ4n) is 5.38. The van der Waals surface area contributed by atoms with Gasteiger partial charge in [-0.05, 0) is 54.3 Å². The van der Waals surface area contributed by atoms with Crippen molar-refractivity contribution in [3.05, 3.63) is 136 Å². The molecule has 3 aromatic carbocycles. The zero-order chi connectivity index (χ0) is 26.2. The van der Waals surface area contributed by atoms with Crippen LogP contribution in [0.25, 0.3) is 0 Å². The van der Waals surface area contributed by atoms with E-state index in [4.69, 9.17) is 4.42 Å². The summed E-state index contributed by atoms with van der Waals surface area (Å²) in [4.78, 5) is 40.6. The number of nitrogens with one attached hydrogen (secondary N) is 1. The lowest BCUT2D eigenvalue weighted by molar-refractivity contribution is -0.384. The highest BCUT2D eigenvalue weighted by Gasteiger charge is 2.43. The van der Waals surface area contributed by atoms with Gasteiger partial charge >= 0.3 is 0 Å². The first-order chi connectivity index (χ1) is 18.5. The van der Waals surface area contributed by atoms with Crippen molar-refractivity contribution in [2.24, 2.45) is 0 Å². The minimum absolute atomic E-state index is 0.0120. The van der Waals surface area contributed by atoms with Gasteiger partial charge in [-0.3, -0.25) is 24.6 Å². The van der Waals surface area contributed by atoms with Gasteiger partial charge in [0, 0.05) is 35.4 Å². The second-order valence-electron chi connectivity index (χ2n) is 9.37. The summed E-state index contributed by atoms with van der Waals surface area (Å²) in [6, 6.07) is 25.5. The summed E-state index contributed by atoms with van der Waals surface area (Å²) < 4.78 is 5.83. The van der Waals surface area contributed by atoms with Crippen LogP contribution in [0.15, 0.2) is 113 Å². The molecule has 0 saturated heterocycles. The summed E-state index contributed by atoms with van der Waals surface area (Å²) in [5.74, 6) is -0.184. The molecule has 0 saturated carbocycles. The molecule has 4 aromatic rings. The zero-order valence-electron chi connectivity index (χ0n) is 20.2. The number of allylic oxidation sites excluding steroid dienone is 1. The Labute approximate surface area is 218 Å². The van der Waals surface area contributed by atoms with Crippen molar-refractivity contribution in [3.8, 4) is 0 Å². The van der Waals surface area contributed by atoms with Crippen LogP contribution in [0.5, 0.6) is 0 Å². The Hall–Kier alpha value is -4.98. The number of hydrogen-bond acceptors (Lipinski definition) is 6. The highest BCUT2D eigenvalue weighted by molar-refractivity contribution is 6.11. The monoisotopic (exact) mass is 505 g/mol. The number of ketones is 1. The third-order valence-electron chi connectivity index (χ3n) is 7.09. The first-order valence-corrected chi connectivity index (χ1v) is 12.3. The summed E-state index contributed by atoms with van der Waals surface area (Å²) in [6.07, 6.45) is 2.13. The number of amides is 1. The molecule has 2 heterocycles. The number of rotatable bonds is 4. The Morgan fingerprint density at radius 2 is 1.74 bits per heavy atom. The largest absolute Gasteiger partial charge is 0.467 e. The third kappa shape index (κ3) is 4.06. The van der Waals surface area contributed by atoms with E-state index in [9.17, 15) is 19.7 Å². The van der Waals surface area contributed by atoms with Gasteiger partial charge in [0.25, 0.3) is 11.6 Å². The SMILES string of the molecule is O=C1CC(c2cccc([N+](=O)[O-])c2)CC2=C1C(c1ccco1)N(C(=O)c1ccccc1)c1ccccc1N2. The van der Waals surface area contributed by atoms with Gasteiger partial charge in [-0.1, -0.05) is 42.5 Å². The molecule has 38 heavy (non-hydrogen) atoms. The van der Waals surface area contributed by atoms with E-state index in [1.165, 1.54) is 18.4 Å². The maximum Gasteiger partial charge on any atom is 0.269 e. The highest BCUT2D eigenvalue weighted by atomic mass is 16.6. The van der Waals surface area contributed by atoms with Crippen molar-refractivity contribution in [1.29, 1.82) is 0 Å². The minimum atomic E-state index is -0.789. The van der Waals surface area contributed by atoms with Crippen LogP contribution in [-0.4, -0.2) is 16.6 Å². The lowest BCUT2D eigenvalue weighted by Crippen LogP contribution is -2.38. The highest BCUT2D eigenvalue weighted by Crippen LogP contribution is 2.48. The van der Waals surface area contributed by atoms with Crippen LogP contribution in [-0.2, 0) is 4.79 Å². The smallest absolute Gasteiger partial charge is 0.269 e. The van der Waals surface area contributed by atoms with Crippen LogP contribution in [0.3, 0.4) is 0 Å². The molecule has 1 aliphatic heterocycles. The summed E-state index contributed by atoms with van der Waals surface area (Å²) in [6.45, 7) is 0. The van der Waals surface area contributed by atoms with Crippen LogP contribution in [0.1, 0.15) is 46.5 Å². The van der Waals surface area contributed by atoms with E-state index in [0.29, 0.717) is 40.4 Å². The van der Waals surface area contributed by atoms with Gasteiger partial charge in [0.15, 0.2) is 5.78 Å². The number of nitro benzene ring substituents is 1. The predicted octanol–water partition coefficient (Wildman–Crippen LogP) is 6.40. The predicted molar refractivity (Wildman–Crippen MR) is 142 cm³/mol. The van der Waals surface area contributed by atoms with Gasteiger partial charge in [0.1, 0.15) is 11.8 Å². The van der Waals surface area contributed by atoms with Crippen LogP contribution in [0.2, 0.25) is 0 Å². The summed E-state index contributed by atoms with van der Waals surface area (Å²) in [7, 11) is 0. The molecule has 0 spiro atoms. The standard InChI is InChI=1S/C30H23N3O5/c34-26-18-21(20-10-6-11-22(16-20)33(36)37)17-24-28(26)29(27-14-7-15-38-27)32(25-13-5-4-12-23(25)31-24)30(35)19-8-2-1-3-9-19/h1-16,21,29,31H,17-18H2. The number of nitro groups is 1. The Bertz CT molecular complexity index is 1580. The number of furan rings is 1. The maximum atomic E-state index is 14.0. The number of para-hydroxylation sites is 2. The van der Waals surface area contributed by atoms with Crippen LogP contribution in [0.4, 0.5) is 17.1 Å². The Kier molecular flexibility index (Phi) is 5.84. The van der Waals surface area contributed by atoms with E-state index in [0.717, 1.165) is 5.56 Å². The number of Topliss-reactive ketones (excluding diaryl/α,β-unsaturated/α-hetero) is 1. The van der Waals surface area contributed by atoms with Crippen LogP contribution < -0.4 is 10.2 Å². The Morgan fingerprint density at radius 3 is 2.50 bits per heavy atom. The first-order valence-electron chi connectivity index (χ1n) is 12.3. The number of nitrogens with zero attached hydrogens (tertiary/aromatic N) is 2. The Morgan fingerprint density at radius 1 is 0.947 bits per heavy atom. The van der Waals surface area contributed by atoms with Crippen LogP contribution in [0, 0.1) is 10.1 Å². The molecule has 188 valence electrons. The lowest BCUT2D eigenvalue weighted by Gasteiger charge is -2.33. The van der Waals surface area contributed by atoms with Gasteiger partial charge in [0.2, 0.25) is 0 Å². The molecular weight excluding hydrogens is 482 g/mol. The van der Waals surface area contributed by atoms with E-state index in [1.807, 2.05) is 36.4 Å². The molecule has 0 bridgehead atoms. The number of fused-ring (bicyclic) bond motifs is 1. The fraction of sp³-hybridized carbons (Fsp3) is 0.133. The molecule has 1 aromatic heterocycles. The summed E-state index contributed by atoms with van der Waals surface area (Å²) >= 11 is 0. The zero-order valence-corrected chi connectivity index (χ0v) is 20.2. The number of anilines is 2. The molecule has 8 nitrogen and oxygen atoms in total. The lowest BCUT2D eigenvalue weighted by atomic mass is 9.79. The quantitative estimate of drug-likeness (QED) is 0.254. The normalized spacial score (nSPS) is 18.7. The summed E-state index contributed by atoms with van der Waals surface area (Å²) in [5, 5.41) is 14.8. The van der Waals surface area contributed by atoms with Crippen molar-refractivity contribution in [2.45, 2.75) is 24.8 Å². The van der Waals surface area contributed by atoms with E-state index in [2.05, 4.69) is 5.32 Å². The molecule has 1 aliphatic carbocycles. The Balaban J connectivity index is 1.52. The fourth-order valence-corrected chi connectivity index (χ4v) is 5.38. The molecular formula is C30H23N3O5. The second kappa shape index (κ2) is 9.48. The van der Waals surface area contributed by atoms with Crippen LogP contribution >= 0.6 is 0 Å². The van der Waals surface area contributed by atoms with E-state index in [-0.39, 0.29) is 29.7 Å². The van der Waals surface area contributed by atoms with Crippen molar-refractivity contribution in [1.82, 2.24) is 0 Å². The number of carbonyl (C=O) groups is 2. The molecule has 0 fully saturated rings. The number of hydrogen-bond donors (Lipinski definition) is 1. The van der Waals surface area contributed by atoms with Crippen molar-refractivity contribution in [3.63, 3.8) is 0 Å². The molecule has 1 N–H and O–H groups in total. The number of benzene rings is 3. The molecule has 1 amide bonds.